The zero-order valence-corrected chi connectivity index (χ0v) is 11.2. The molecule has 2 aromatic rings. The first kappa shape index (κ1) is 13.6. The molecule has 0 spiro atoms. The van der Waals surface area contributed by atoms with Crippen LogP contribution in [0.3, 0.4) is 0 Å². The van der Waals surface area contributed by atoms with Gasteiger partial charge in [-0.1, -0.05) is 35.9 Å². The highest BCUT2D eigenvalue weighted by Crippen LogP contribution is 2.18. The number of benzene rings is 2. The molecule has 0 aliphatic carbocycles. The fraction of sp³-hybridized carbons (Fsp3) is 0.133. The molecule has 98 valence electrons. The molecule has 19 heavy (non-hydrogen) atoms. The lowest BCUT2D eigenvalue weighted by Crippen LogP contribution is -2.35. The molecule has 3 nitrogen and oxygen atoms in total. The van der Waals surface area contributed by atoms with Crippen LogP contribution in [0.25, 0.3) is 0 Å². The zero-order chi connectivity index (χ0) is 13.7. The number of hydrogen-bond acceptors (Lipinski definition) is 2. The minimum Gasteiger partial charge on any atom is -0.329 e. The van der Waals surface area contributed by atoms with Crippen LogP contribution in [0, 0.1) is 0 Å². The van der Waals surface area contributed by atoms with Crippen molar-refractivity contribution < 1.29 is 4.79 Å². The number of rotatable bonds is 4. The molecule has 0 atom stereocenters. The average molecular weight is 275 g/mol. The third kappa shape index (κ3) is 3.34. The number of nitrogens with two attached hydrogens (primary N) is 1. The first-order valence-electron chi connectivity index (χ1n) is 6.05. The Bertz CT molecular complexity index is 557. The second kappa shape index (κ2) is 6.36. The fourth-order valence-electron chi connectivity index (χ4n) is 1.86. The average Bonchev–Trinajstić information content (AvgIpc) is 2.45. The molecule has 1 amide bonds. The summed E-state index contributed by atoms with van der Waals surface area (Å²) in [6.45, 7) is 0.872. The summed E-state index contributed by atoms with van der Waals surface area (Å²) >= 11 is 5.92. The van der Waals surface area contributed by atoms with Crippen LogP contribution in [-0.4, -0.2) is 19.0 Å². The summed E-state index contributed by atoms with van der Waals surface area (Å²) in [5.74, 6) is -0.0980. The van der Waals surface area contributed by atoms with Gasteiger partial charge in [-0.15, -0.1) is 0 Å². The van der Waals surface area contributed by atoms with Crippen molar-refractivity contribution in [2.45, 2.75) is 0 Å². The highest BCUT2D eigenvalue weighted by Gasteiger charge is 2.16. The Morgan fingerprint density at radius 3 is 2.47 bits per heavy atom. The van der Waals surface area contributed by atoms with E-state index in [1.807, 2.05) is 30.3 Å². The van der Waals surface area contributed by atoms with Gasteiger partial charge in [-0.05, 0) is 30.3 Å². The standard InChI is InChI=1S/C15H15ClN2O/c16-13-6-4-5-12(11-13)15(19)18(10-9-17)14-7-2-1-3-8-14/h1-8,11H,9-10,17H2. The van der Waals surface area contributed by atoms with Crippen molar-refractivity contribution in [2.24, 2.45) is 5.73 Å². The molecule has 2 aromatic carbocycles. The molecular weight excluding hydrogens is 260 g/mol. The van der Waals surface area contributed by atoms with E-state index in [1.54, 1.807) is 29.2 Å². The number of halogens is 1. The number of nitrogens with zero attached hydrogens (tertiary/aromatic N) is 1. The van der Waals surface area contributed by atoms with Crippen molar-refractivity contribution in [1.29, 1.82) is 0 Å². The molecule has 0 aromatic heterocycles. The van der Waals surface area contributed by atoms with Crippen LogP contribution in [-0.2, 0) is 0 Å². The Morgan fingerprint density at radius 1 is 1.11 bits per heavy atom. The van der Waals surface area contributed by atoms with E-state index in [9.17, 15) is 4.79 Å². The maximum atomic E-state index is 12.5. The number of carbonyl (C=O) groups is 1. The molecular formula is C15H15ClN2O. The maximum Gasteiger partial charge on any atom is 0.258 e. The number of anilines is 1. The molecule has 0 heterocycles. The van der Waals surface area contributed by atoms with Crippen LogP contribution in [0.2, 0.25) is 5.02 Å². The predicted octanol–water partition coefficient (Wildman–Crippen LogP) is 2.95. The van der Waals surface area contributed by atoms with Crippen LogP contribution in [0.1, 0.15) is 10.4 Å². The van der Waals surface area contributed by atoms with Gasteiger partial charge in [0.05, 0.1) is 0 Å². The van der Waals surface area contributed by atoms with Crippen molar-refractivity contribution >= 4 is 23.2 Å². The molecule has 0 aliphatic rings. The van der Waals surface area contributed by atoms with Crippen LogP contribution in [0.5, 0.6) is 0 Å². The number of carbonyl (C=O) groups excluding carboxylic acids is 1. The van der Waals surface area contributed by atoms with Gasteiger partial charge in [0.15, 0.2) is 0 Å². The minimum absolute atomic E-state index is 0.0980. The third-order valence-corrected chi connectivity index (χ3v) is 2.97. The smallest absolute Gasteiger partial charge is 0.258 e. The van der Waals surface area contributed by atoms with E-state index < -0.39 is 0 Å². The number of amides is 1. The maximum absolute atomic E-state index is 12.5. The van der Waals surface area contributed by atoms with E-state index in [0.717, 1.165) is 5.69 Å². The Morgan fingerprint density at radius 2 is 1.84 bits per heavy atom. The van der Waals surface area contributed by atoms with Crippen molar-refractivity contribution in [3.05, 3.63) is 65.2 Å². The van der Waals surface area contributed by atoms with Crippen LogP contribution in [0.4, 0.5) is 5.69 Å². The molecule has 0 unspecified atom stereocenters. The second-order valence-corrected chi connectivity index (χ2v) is 4.53. The zero-order valence-electron chi connectivity index (χ0n) is 10.4. The first-order chi connectivity index (χ1) is 9.22. The summed E-state index contributed by atoms with van der Waals surface area (Å²) in [5.41, 5.74) is 6.98. The quantitative estimate of drug-likeness (QED) is 0.932. The lowest BCUT2D eigenvalue weighted by atomic mass is 10.2. The molecule has 0 fully saturated rings. The van der Waals surface area contributed by atoms with Crippen LogP contribution < -0.4 is 10.6 Å². The van der Waals surface area contributed by atoms with Gasteiger partial charge in [0.2, 0.25) is 0 Å². The molecule has 4 heteroatoms. The molecule has 0 radical (unpaired) electrons. The van der Waals surface area contributed by atoms with E-state index >= 15 is 0 Å². The minimum atomic E-state index is -0.0980. The van der Waals surface area contributed by atoms with E-state index in [-0.39, 0.29) is 5.91 Å². The molecule has 0 aliphatic heterocycles. The SMILES string of the molecule is NCCN(C(=O)c1cccc(Cl)c1)c1ccccc1. The summed E-state index contributed by atoms with van der Waals surface area (Å²) in [4.78, 5) is 14.2. The lowest BCUT2D eigenvalue weighted by Gasteiger charge is -2.22. The van der Waals surface area contributed by atoms with Gasteiger partial charge in [-0.2, -0.15) is 0 Å². The van der Waals surface area contributed by atoms with E-state index in [0.29, 0.717) is 23.7 Å². The monoisotopic (exact) mass is 274 g/mol. The molecule has 2 rings (SSSR count). The number of para-hydroxylation sites is 1. The lowest BCUT2D eigenvalue weighted by molar-refractivity contribution is 0.0987. The second-order valence-electron chi connectivity index (χ2n) is 4.09. The third-order valence-electron chi connectivity index (χ3n) is 2.74. The Balaban J connectivity index is 2.32. The molecule has 0 saturated heterocycles. The van der Waals surface area contributed by atoms with Crippen molar-refractivity contribution in [3.63, 3.8) is 0 Å². The van der Waals surface area contributed by atoms with E-state index in [2.05, 4.69) is 0 Å². The predicted molar refractivity (Wildman–Crippen MR) is 78.6 cm³/mol. The summed E-state index contributed by atoms with van der Waals surface area (Å²) in [6, 6.07) is 16.4. The molecule has 0 saturated carbocycles. The van der Waals surface area contributed by atoms with Gasteiger partial charge in [-0.25, -0.2) is 0 Å². The van der Waals surface area contributed by atoms with Crippen LogP contribution in [0.15, 0.2) is 54.6 Å². The van der Waals surface area contributed by atoms with E-state index in [4.69, 9.17) is 17.3 Å². The molecule has 0 bridgehead atoms. The van der Waals surface area contributed by atoms with Gasteiger partial charge in [0.25, 0.3) is 5.91 Å². The highest BCUT2D eigenvalue weighted by molar-refractivity contribution is 6.31. The Hall–Kier alpha value is -1.84. The summed E-state index contributed by atoms with van der Waals surface area (Å²) in [7, 11) is 0. The Labute approximate surface area is 117 Å². The summed E-state index contributed by atoms with van der Waals surface area (Å²) in [5, 5.41) is 0.548. The first-order valence-corrected chi connectivity index (χ1v) is 6.42. The fourth-order valence-corrected chi connectivity index (χ4v) is 2.05. The Kier molecular flexibility index (Phi) is 4.55. The largest absolute Gasteiger partial charge is 0.329 e. The van der Waals surface area contributed by atoms with Gasteiger partial charge in [-0.3, -0.25) is 4.79 Å². The van der Waals surface area contributed by atoms with Gasteiger partial charge < -0.3 is 10.6 Å². The van der Waals surface area contributed by atoms with Gasteiger partial charge in [0.1, 0.15) is 0 Å². The highest BCUT2D eigenvalue weighted by atomic mass is 35.5. The van der Waals surface area contributed by atoms with Crippen molar-refractivity contribution in [1.82, 2.24) is 0 Å². The summed E-state index contributed by atoms with van der Waals surface area (Å²) in [6.07, 6.45) is 0. The number of hydrogen-bond donors (Lipinski definition) is 1. The normalized spacial score (nSPS) is 10.2. The van der Waals surface area contributed by atoms with Crippen molar-refractivity contribution in [3.8, 4) is 0 Å². The van der Waals surface area contributed by atoms with Crippen LogP contribution >= 0.6 is 11.6 Å². The van der Waals surface area contributed by atoms with Crippen molar-refractivity contribution in [2.75, 3.05) is 18.0 Å². The van der Waals surface area contributed by atoms with Gasteiger partial charge >= 0.3 is 0 Å². The molecule has 2 N–H and O–H groups in total. The summed E-state index contributed by atoms with van der Waals surface area (Å²) < 4.78 is 0. The van der Waals surface area contributed by atoms with Gasteiger partial charge in [0, 0.05) is 29.4 Å². The topological polar surface area (TPSA) is 46.3 Å². The van der Waals surface area contributed by atoms with E-state index in [1.165, 1.54) is 0 Å².